The van der Waals surface area contributed by atoms with Crippen molar-refractivity contribution < 1.29 is 32.6 Å². The van der Waals surface area contributed by atoms with Gasteiger partial charge in [-0.3, -0.25) is 4.79 Å². The Morgan fingerprint density at radius 3 is 2.41 bits per heavy atom. The van der Waals surface area contributed by atoms with Crippen LogP contribution in [-0.4, -0.2) is 47.9 Å². The molecule has 2 atom stereocenters. The number of hydrogen-bond donors (Lipinski definition) is 1. The Morgan fingerprint density at radius 2 is 2.00 bits per heavy atom. The molecule has 0 radical (unpaired) electrons. The van der Waals surface area contributed by atoms with E-state index >= 15 is 0 Å². The number of hydrogen-bond acceptors (Lipinski definition) is 3. The molecule has 2 unspecified atom stereocenters. The number of rotatable bonds is 2. The number of aliphatic carboxylic acids is 1. The molecule has 0 aromatic heterocycles. The van der Waals surface area contributed by atoms with Gasteiger partial charge in [0.15, 0.2) is 6.61 Å². The van der Waals surface area contributed by atoms with Gasteiger partial charge in [0.05, 0.1) is 5.92 Å². The van der Waals surface area contributed by atoms with Gasteiger partial charge in [-0.05, 0) is 5.92 Å². The van der Waals surface area contributed by atoms with E-state index in [1.54, 1.807) is 6.92 Å². The molecule has 1 saturated heterocycles. The van der Waals surface area contributed by atoms with Crippen LogP contribution in [0.3, 0.4) is 0 Å². The molecule has 0 bridgehead atoms. The first-order chi connectivity index (χ1) is 7.70. The van der Waals surface area contributed by atoms with Gasteiger partial charge in [-0.25, -0.2) is 4.79 Å². The maximum absolute atomic E-state index is 11.8. The van der Waals surface area contributed by atoms with Gasteiger partial charge in [0.1, 0.15) is 0 Å². The van der Waals surface area contributed by atoms with Crippen molar-refractivity contribution >= 4 is 12.1 Å². The van der Waals surface area contributed by atoms with Crippen molar-refractivity contribution in [2.75, 3.05) is 19.7 Å². The predicted molar refractivity (Wildman–Crippen MR) is 49.3 cm³/mol. The summed E-state index contributed by atoms with van der Waals surface area (Å²) in [6.45, 7) is -0.0644. The molecule has 0 saturated carbocycles. The summed E-state index contributed by atoms with van der Waals surface area (Å²) in [4.78, 5) is 22.9. The van der Waals surface area contributed by atoms with E-state index in [0.717, 1.165) is 4.90 Å². The molecule has 1 amide bonds. The minimum Gasteiger partial charge on any atom is -0.481 e. The summed E-state index contributed by atoms with van der Waals surface area (Å²) in [7, 11) is 0. The van der Waals surface area contributed by atoms with Crippen LogP contribution >= 0.6 is 0 Å². The molecule has 0 aromatic rings. The number of carbonyl (C=O) groups excluding carboxylic acids is 1. The Labute approximate surface area is 95.1 Å². The Hall–Kier alpha value is -1.47. The average molecular weight is 255 g/mol. The zero-order valence-corrected chi connectivity index (χ0v) is 9.03. The summed E-state index contributed by atoms with van der Waals surface area (Å²) < 4.78 is 39.4. The summed E-state index contributed by atoms with van der Waals surface area (Å²) in [5.74, 6) is -2.12. The van der Waals surface area contributed by atoms with Crippen LogP contribution in [0.15, 0.2) is 0 Å². The molecule has 17 heavy (non-hydrogen) atoms. The standard InChI is InChI=1S/C9H12F3NO4/c1-5-2-13(3-6(5)7(14)15)8(16)17-4-9(10,11)12/h5-6H,2-4H2,1H3,(H,14,15). The summed E-state index contributed by atoms with van der Waals surface area (Å²) in [6, 6.07) is 0. The summed E-state index contributed by atoms with van der Waals surface area (Å²) in [5.41, 5.74) is 0. The third-order valence-corrected chi connectivity index (χ3v) is 2.55. The summed E-state index contributed by atoms with van der Waals surface area (Å²) >= 11 is 0. The van der Waals surface area contributed by atoms with Crippen LogP contribution in [-0.2, 0) is 9.53 Å². The van der Waals surface area contributed by atoms with E-state index in [4.69, 9.17) is 5.11 Å². The average Bonchev–Trinajstić information content (AvgIpc) is 2.55. The van der Waals surface area contributed by atoms with Crippen LogP contribution in [0.25, 0.3) is 0 Å². The Kier molecular flexibility index (Phi) is 3.84. The number of amides is 1. The second kappa shape index (κ2) is 4.80. The van der Waals surface area contributed by atoms with Gasteiger partial charge in [-0.15, -0.1) is 0 Å². The Balaban J connectivity index is 2.48. The highest BCUT2D eigenvalue weighted by atomic mass is 19.4. The van der Waals surface area contributed by atoms with Crippen molar-refractivity contribution in [3.8, 4) is 0 Å². The quantitative estimate of drug-likeness (QED) is 0.808. The lowest BCUT2D eigenvalue weighted by Crippen LogP contribution is -2.33. The maximum Gasteiger partial charge on any atom is 0.422 e. The highest BCUT2D eigenvalue weighted by molar-refractivity contribution is 5.74. The molecule has 0 aromatic carbocycles. The van der Waals surface area contributed by atoms with Gasteiger partial charge in [0.25, 0.3) is 0 Å². The van der Waals surface area contributed by atoms with Crippen LogP contribution in [0.1, 0.15) is 6.92 Å². The lowest BCUT2D eigenvalue weighted by Gasteiger charge is -2.16. The second-order valence-corrected chi connectivity index (χ2v) is 4.00. The van der Waals surface area contributed by atoms with Crippen molar-refractivity contribution in [2.45, 2.75) is 13.1 Å². The van der Waals surface area contributed by atoms with Crippen LogP contribution in [0.5, 0.6) is 0 Å². The SMILES string of the molecule is CC1CN(C(=O)OCC(F)(F)F)CC1C(=O)O. The zero-order valence-electron chi connectivity index (χ0n) is 9.03. The number of carboxylic acid groups (broad SMARTS) is 1. The van der Waals surface area contributed by atoms with E-state index < -0.39 is 30.8 Å². The first-order valence-electron chi connectivity index (χ1n) is 4.92. The summed E-state index contributed by atoms with van der Waals surface area (Å²) in [6.07, 6.45) is -5.70. The molecule has 1 aliphatic heterocycles. The number of ether oxygens (including phenoxy) is 1. The van der Waals surface area contributed by atoms with E-state index in [-0.39, 0.29) is 19.0 Å². The number of carbonyl (C=O) groups is 2. The molecule has 1 fully saturated rings. The fraction of sp³-hybridized carbons (Fsp3) is 0.778. The molecule has 8 heteroatoms. The number of carboxylic acids is 1. The monoisotopic (exact) mass is 255 g/mol. The molecular formula is C9H12F3NO4. The van der Waals surface area contributed by atoms with Crippen LogP contribution in [0, 0.1) is 11.8 Å². The third-order valence-electron chi connectivity index (χ3n) is 2.55. The van der Waals surface area contributed by atoms with E-state index in [0.29, 0.717) is 0 Å². The Morgan fingerprint density at radius 1 is 1.41 bits per heavy atom. The molecule has 1 rings (SSSR count). The first kappa shape index (κ1) is 13.6. The van der Waals surface area contributed by atoms with Gasteiger partial charge in [-0.2, -0.15) is 13.2 Å². The molecule has 1 N–H and O–H groups in total. The molecule has 5 nitrogen and oxygen atoms in total. The normalized spacial score (nSPS) is 24.8. The lowest BCUT2D eigenvalue weighted by atomic mass is 9.99. The Bertz CT molecular complexity index is 318. The molecule has 0 aliphatic carbocycles. The topological polar surface area (TPSA) is 66.8 Å². The largest absolute Gasteiger partial charge is 0.481 e. The highest BCUT2D eigenvalue weighted by Crippen LogP contribution is 2.24. The van der Waals surface area contributed by atoms with E-state index in [9.17, 15) is 22.8 Å². The fourth-order valence-corrected chi connectivity index (χ4v) is 1.67. The van der Waals surface area contributed by atoms with Crippen LogP contribution in [0.2, 0.25) is 0 Å². The predicted octanol–water partition coefficient (Wildman–Crippen LogP) is 1.34. The third kappa shape index (κ3) is 3.79. The van der Waals surface area contributed by atoms with Crippen molar-refractivity contribution in [3.05, 3.63) is 0 Å². The second-order valence-electron chi connectivity index (χ2n) is 4.00. The zero-order chi connectivity index (χ0) is 13.2. The van der Waals surface area contributed by atoms with Gasteiger partial charge in [0.2, 0.25) is 0 Å². The smallest absolute Gasteiger partial charge is 0.422 e. The number of likely N-dealkylation sites (tertiary alicyclic amines) is 1. The minimum absolute atomic E-state index is 0.0909. The maximum atomic E-state index is 11.8. The lowest BCUT2D eigenvalue weighted by molar-refractivity contribution is -0.162. The summed E-state index contributed by atoms with van der Waals surface area (Å²) in [5, 5.41) is 8.78. The van der Waals surface area contributed by atoms with Crippen molar-refractivity contribution in [2.24, 2.45) is 11.8 Å². The molecule has 1 heterocycles. The van der Waals surface area contributed by atoms with Crippen molar-refractivity contribution in [1.29, 1.82) is 0 Å². The van der Waals surface area contributed by atoms with E-state index in [2.05, 4.69) is 4.74 Å². The van der Waals surface area contributed by atoms with Crippen molar-refractivity contribution in [1.82, 2.24) is 4.90 Å². The van der Waals surface area contributed by atoms with Gasteiger partial charge < -0.3 is 14.7 Å². The van der Waals surface area contributed by atoms with Gasteiger partial charge in [-0.1, -0.05) is 6.92 Å². The molecule has 0 spiro atoms. The molecule has 98 valence electrons. The van der Waals surface area contributed by atoms with E-state index in [1.807, 2.05) is 0 Å². The highest BCUT2D eigenvalue weighted by Gasteiger charge is 2.39. The van der Waals surface area contributed by atoms with Crippen LogP contribution in [0.4, 0.5) is 18.0 Å². The fourth-order valence-electron chi connectivity index (χ4n) is 1.67. The van der Waals surface area contributed by atoms with Gasteiger partial charge >= 0.3 is 18.2 Å². The molecular weight excluding hydrogens is 243 g/mol. The number of nitrogens with zero attached hydrogens (tertiary/aromatic N) is 1. The number of halogens is 3. The van der Waals surface area contributed by atoms with E-state index in [1.165, 1.54) is 0 Å². The minimum atomic E-state index is -4.58. The number of alkyl halides is 3. The first-order valence-corrected chi connectivity index (χ1v) is 4.92. The van der Waals surface area contributed by atoms with Crippen molar-refractivity contribution in [3.63, 3.8) is 0 Å². The molecule has 1 aliphatic rings. The van der Waals surface area contributed by atoms with Crippen LogP contribution < -0.4 is 0 Å². The van der Waals surface area contributed by atoms with Gasteiger partial charge in [0, 0.05) is 13.1 Å².